The highest BCUT2D eigenvalue weighted by Gasteiger charge is 2.51. The number of rotatable bonds is 3. The molecule has 2 aliphatic heterocycles. The second-order valence-electron chi connectivity index (χ2n) is 4.50. The minimum atomic E-state index is -0.522. The molecule has 0 N–H and O–H groups in total. The summed E-state index contributed by atoms with van der Waals surface area (Å²) in [6.45, 7) is 4.64. The monoisotopic (exact) mass is 288 g/mol. The van der Waals surface area contributed by atoms with Crippen LogP contribution >= 0.6 is 11.8 Å². The average Bonchev–Trinajstić information content (AvgIpc) is 2.31. The van der Waals surface area contributed by atoms with Crippen molar-refractivity contribution in [3.63, 3.8) is 0 Å². The Morgan fingerprint density at radius 1 is 1.26 bits per heavy atom. The molecule has 2 saturated heterocycles. The van der Waals surface area contributed by atoms with E-state index < -0.39 is 23.6 Å². The highest BCUT2D eigenvalue weighted by molar-refractivity contribution is 7.99. The third-order valence-corrected chi connectivity index (χ3v) is 4.15. The summed E-state index contributed by atoms with van der Waals surface area (Å²) in [6.07, 6.45) is -0.525. The molecule has 0 aromatic carbocycles. The number of fused-ring (bicyclic) bond motifs is 2. The van der Waals surface area contributed by atoms with Gasteiger partial charge in [-0.15, -0.1) is 11.8 Å². The molecule has 2 heterocycles. The molecule has 2 aliphatic rings. The van der Waals surface area contributed by atoms with E-state index in [1.807, 2.05) is 6.92 Å². The second-order valence-corrected chi connectivity index (χ2v) is 5.63. The lowest BCUT2D eigenvalue weighted by molar-refractivity contribution is -0.178. The summed E-state index contributed by atoms with van der Waals surface area (Å²) >= 11 is 1.44. The largest absolute Gasteiger partial charge is 0.457 e. The minimum absolute atomic E-state index is 0.218. The van der Waals surface area contributed by atoms with Crippen LogP contribution in [0.4, 0.5) is 0 Å². The molecule has 0 amide bonds. The molecule has 0 radical (unpaired) electrons. The second kappa shape index (κ2) is 6.15. The normalized spacial score (nSPS) is 33.7. The third-order valence-electron chi connectivity index (χ3n) is 2.94. The fraction of sp³-hybridized carbons (Fsp3) is 0.818. The van der Waals surface area contributed by atoms with Gasteiger partial charge < -0.3 is 18.8 Å². The first kappa shape index (κ1) is 14.7. The number of carbonyl (C=O) groups excluding carboxylic acids is 2. The van der Waals surface area contributed by atoms with E-state index in [2.05, 4.69) is 0 Å². The van der Waals surface area contributed by atoms with Crippen molar-refractivity contribution in [1.29, 1.82) is 0 Å². The molecule has 4 atom stereocenters. The standard InChI is InChI=1S/C11H17BO6S/c1-4-12-17-8-5-19-11(16-7(3)14)10(18-12)9(8)15-6(2)13/h8-11H,4-5H2,1-3H3/t8-,9+,10-,11+/m1/s1. The van der Waals surface area contributed by atoms with Crippen LogP contribution in [0, 0.1) is 0 Å². The van der Waals surface area contributed by atoms with Crippen molar-refractivity contribution in [2.45, 2.75) is 50.8 Å². The van der Waals surface area contributed by atoms with Gasteiger partial charge in [0, 0.05) is 19.6 Å². The van der Waals surface area contributed by atoms with Crippen molar-refractivity contribution < 1.29 is 28.4 Å². The highest BCUT2D eigenvalue weighted by Crippen LogP contribution is 2.37. The van der Waals surface area contributed by atoms with Crippen LogP contribution in [-0.4, -0.2) is 48.6 Å². The molecule has 2 rings (SSSR count). The molecule has 2 bridgehead atoms. The number of hydrogen-bond acceptors (Lipinski definition) is 7. The molecule has 0 unspecified atom stereocenters. The molecule has 2 fully saturated rings. The Morgan fingerprint density at radius 2 is 1.95 bits per heavy atom. The van der Waals surface area contributed by atoms with Gasteiger partial charge in [0.05, 0.1) is 6.10 Å². The Bertz CT molecular complexity index is 365. The molecule has 0 aromatic heterocycles. The fourth-order valence-corrected chi connectivity index (χ4v) is 3.46. The van der Waals surface area contributed by atoms with Gasteiger partial charge in [-0.1, -0.05) is 6.92 Å². The molecule has 0 saturated carbocycles. The molecule has 6 nitrogen and oxygen atoms in total. The smallest absolute Gasteiger partial charge is 0.457 e. The topological polar surface area (TPSA) is 71.1 Å². The lowest BCUT2D eigenvalue weighted by Gasteiger charge is -2.46. The summed E-state index contributed by atoms with van der Waals surface area (Å²) < 4.78 is 22.0. The molecule has 8 heteroatoms. The zero-order chi connectivity index (χ0) is 14.0. The Balaban J connectivity index is 2.13. The van der Waals surface area contributed by atoms with E-state index in [1.54, 1.807) is 0 Å². The summed E-state index contributed by atoms with van der Waals surface area (Å²) in [6, 6.07) is 0. The molecule has 106 valence electrons. The summed E-state index contributed by atoms with van der Waals surface area (Å²) in [7, 11) is -0.347. The van der Waals surface area contributed by atoms with Crippen LogP contribution in [0.3, 0.4) is 0 Å². The van der Waals surface area contributed by atoms with Crippen LogP contribution in [-0.2, 0) is 28.4 Å². The molecule has 0 aliphatic carbocycles. The van der Waals surface area contributed by atoms with E-state index in [0.717, 1.165) is 0 Å². The Kier molecular flexibility index (Phi) is 4.75. The van der Waals surface area contributed by atoms with Crippen molar-refractivity contribution >= 4 is 30.8 Å². The highest BCUT2D eigenvalue weighted by atomic mass is 32.2. The summed E-state index contributed by atoms with van der Waals surface area (Å²) in [4.78, 5) is 22.3. The Morgan fingerprint density at radius 3 is 2.53 bits per heavy atom. The molecule has 19 heavy (non-hydrogen) atoms. The van der Waals surface area contributed by atoms with Crippen LogP contribution in [0.5, 0.6) is 0 Å². The van der Waals surface area contributed by atoms with Gasteiger partial charge in [-0.3, -0.25) is 9.59 Å². The zero-order valence-corrected chi connectivity index (χ0v) is 12.0. The number of ether oxygens (including phenoxy) is 2. The number of thioether (sulfide) groups is 1. The molecular weight excluding hydrogens is 271 g/mol. The van der Waals surface area contributed by atoms with E-state index in [0.29, 0.717) is 12.1 Å². The van der Waals surface area contributed by atoms with Gasteiger partial charge in [0.25, 0.3) is 0 Å². The number of esters is 2. The van der Waals surface area contributed by atoms with E-state index >= 15 is 0 Å². The summed E-state index contributed by atoms with van der Waals surface area (Å²) in [5.74, 6) is -0.164. The zero-order valence-electron chi connectivity index (χ0n) is 11.2. The molecule has 0 aromatic rings. The first-order chi connectivity index (χ1) is 9.01. The van der Waals surface area contributed by atoms with Crippen LogP contribution in [0.25, 0.3) is 0 Å². The maximum Gasteiger partial charge on any atom is 0.457 e. The maximum absolute atomic E-state index is 11.2. The van der Waals surface area contributed by atoms with Crippen LogP contribution in [0.15, 0.2) is 0 Å². The summed E-state index contributed by atoms with van der Waals surface area (Å²) in [5.41, 5.74) is -0.462. The predicted molar refractivity (Wildman–Crippen MR) is 69.5 cm³/mol. The van der Waals surface area contributed by atoms with E-state index in [-0.39, 0.29) is 19.2 Å². The molecule has 0 spiro atoms. The van der Waals surface area contributed by atoms with E-state index in [1.165, 1.54) is 25.6 Å². The Hall–Kier alpha value is -0.725. The van der Waals surface area contributed by atoms with Gasteiger partial charge in [-0.25, -0.2) is 0 Å². The van der Waals surface area contributed by atoms with Crippen molar-refractivity contribution in [2.75, 3.05) is 5.75 Å². The third kappa shape index (κ3) is 3.43. The van der Waals surface area contributed by atoms with Crippen molar-refractivity contribution in [2.24, 2.45) is 0 Å². The first-order valence-electron chi connectivity index (χ1n) is 6.28. The van der Waals surface area contributed by atoms with Gasteiger partial charge in [0.2, 0.25) is 0 Å². The van der Waals surface area contributed by atoms with E-state index in [9.17, 15) is 9.59 Å². The lowest BCUT2D eigenvalue weighted by Crippen LogP contribution is -2.61. The maximum atomic E-state index is 11.2. The van der Waals surface area contributed by atoms with Gasteiger partial charge in [-0.05, 0) is 6.32 Å². The van der Waals surface area contributed by atoms with Gasteiger partial charge in [-0.2, -0.15) is 0 Å². The molecular formula is C11H17BO6S. The van der Waals surface area contributed by atoms with Crippen LogP contribution in [0.2, 0.25) is 6.32 Å². The number of carbonyl (C=O) groups is 2. The predicted octanol–water partition coefficient (Wildman–Crippen LogP) is 0.846. The van der Waals surface area contributed by atoms with Gasteiger partial charge in [0.1, 0.15) is 6.10 Å². The van der Waals surface area contributed by atoms with E-state index in [4.69, 9.17) is 18.8 Å². The van der Waals surface area contributed by atoms with Crippen molar-refractivity contribution in [3.8, 4) is 0 Å². The fourth-order valence-electron chi connectivity index (χ4n) is 2.20. The summed E-state index contributed by atoms with van der Waals surface area (Å²) in [5, 5.41) is 0. The average molecular weight is 288 g/mol. The van der Waals surface area contributed by atoms with Gasteiger partial charge in [0.15, 0.2) is 11.5 Å². The number of hydrogen-bond donors (Lipinski definition) is 0. The SMILES string of the molecule is CCB1O[C@@H]2[C@@H](OC(C)=O)[C@@H](CS[C@@H]2OC(C)=O)O1. The van der Waals surface area contributed by atoms with Crippen LogP contribution < -0.4 is 0 Å². The van der Waals surface area contributed by atoms with Crippen LogP contribution in [0.1, 0.15) is 20.8 Å². The lowest BCUT2D eigenvalue weighted by atomic mass is 9.82. The first-order valence-corrected chi connectivity index (χ1v) is 7.33. The van der Waals surface area contributed by atoms with Crippen molar-refractivity contribution in [1.82, 2.24) is 0 Å². The Labute approximate surface area is 116 Å². The quantitative estimate of drug-likeness (QED) is 0.563. The van der Waals surface area contributed by atoms with Gasteiger partial charge >= 0.3 is 19.1 Å². The minimum Gasteiger partial charge on any atom is -0.457 e. The van der Waals surface area contributed by atoms with Crippen molar-refractivity contribution in [3.05, 3.63) is 0 Å².